The van der Waals surface area contributed by atoms with Crippen LogP contribution < -0.4 is 11.1 Å². The maximum absolute atomic E-state index is 11.1. The summed E-state index contributed by atoms with van der Waals surface area (Å²) in [7, 11) is 0. The molecule has 2 aromatic carbocycles. The number of nitro benzene ring substituents is 2. The molecule has 0 spiro atoms. The van der Waals surface area contributed by atoms with Gasteiger partial charge in [-0.15, -0.1) is 0 Å². The number of anilines is 2. The van der Waals surface area contributed by atoms with Crippen molar-refractivity contribution in [3.63, 3.8) is 0 Å². The highest BCUT2D eigenvalue weighted by Crippen LogP contribution is 2.36. The fraction of sp³-hybridized carbons (Fsp3) is 0.0714. The van der Waals surface area contributed by atoms with Gasteiger partial charge in [0.2, 0.25) is 5.91 Å². The minimum atomic E-state index is -0.610. The van der Waals surface area contributed by atoms with E-state index < -0.39 is 15.8 Å². The zero-order valence-electron chi connectivity index (χ0n) is 12.4. The molecule has 0 aliphatic heterocycles. The number of carbonyl (C=O) groups is 1. The Hall–Kier alpha value is -3.14. The van der Waals surface area contributed by atoms with E-state index in [9.17, 15) is 25.0 Å². The van der Waals surface area contributed by atoms with Crippen LogP contribution in [0.1, 0.15) is 6.92 Å². The van der Waals surface area contributed by atoms with Crippen molar-refractivity contribution in [2.45, 2.75) is 16.7 Å². The third-order valence-corrected chi connectivity index (χ3v) is 3.89. The smallest absolute Gasteiger partial charge is 0.293 e. The number of nitrogen functional groups attached to an aromatic ring is 1. The first-order valence-electron chi connectivity index (χ1n) is 6.55. The molecule has 10 heteroatoms. The Kier molecular flexibility index (Phi) is 4.99. The molecule has 0 saturated heterocycles. The number of nitrogens with two attached hydrogens (primary N) is 1. The molecule has 0 heterocycles. The first-order valence-corrected chi connectivity index (χ1v) is 7.37. The van der Waals surface area contributed by atoms with Gasteiger partial charge in [-0.2, -0.15) is 0 Å². The molecular formula is C14H12N4O5S. The van der Waals surface area contributed by atoms with Gasteiger partial charge in [0.1, 0.15) is 11.4 Å². The molecule has 2 aromatic rings. The maximum Gasteiger partial charge on any atom is 0.293 e. The summed E-state index contributed by atoms with van der Waals surface area (Å²) >= 11 is 1.11. The average Bonchev–Trinajstić information content (AvgIpc) is 2.49. The van der Waals surface area contributed by atoms with E-state index in [1.807, 2.05) is 0 Å². The number of hydrogen-bond acceptors (Lipinski definition) is 7. The van der Waals surface area contributed by atoms with Gasteiger partial charge in [-0.25, -0.2) is 0 Å². The molecule has 0 fully saturated rings. The summed E-state index contributed by atoms with van der Waals surface area (Å²) in [5, 5.41) is 24.4. The van der Waals surface area contributed by atoms with Crippen LogP contribution in [0.4, 0.5) is 22.7 Å². The Labute approximate surface area is 140 Å². The van der Waals surface area contributed by atoms with Crippen LogP contribution in [0.15, 0.2) is 46.2 Å². The highest BCUT2D eigenvalue weighted by Gasteiger charge is 2.17. The second kappa shape index (κ2) is 6.96. The number of benzene rings is 2. The van der Waals surface area contributed by atoms with Crippen LogP contribution in [0.25, 0.3) is 0 Å². The summed E-state index contributed by atoms with van der Waals surface area (Å²) in [5.74, 6) is -0.423. The first-order chi connectivity index (χ1) is 11.3. The van der Waals surface area contributed by atoms with E-state index in [4.69, 9.17) is 5.73 Å². The third kappa shape index (κ3) is 3.98. The van der Waals surface area contributed by atoms with E-state index >= 15 is 0 Å². The predicted octanol–water partition coefficient (Wildman–Crippen LogP) is 3.19. The van der Waals surface area contributed by atoms with E-state index in [0.29, 0.717) is 9.79 Å². The average molecular weight is 348 g/mol. The Morgan fingerprint density at radius 2 is 1.58 bits per heavy atom. The van der Waals surface area contributed by atoms with Gasteiger partial charge >= 0.3 is 0 Å². The lowest BCUT2D eigenvalue weighted by Gasteiger charge is -2.07. The Morgan fingerprint density at radius 1 is 1.04 bits per heavy atom. The topological polar surface area (TPSA) is 141 Å². The van der Waals surface area contributed by atoms with Gasteiger partial charge in [-0.3, -0.25) is 25.0 Å². The van der Waals surface area contributed by atoms with Crippen molar-refractivity contribution in [2.75, 3.05) is 11.1 Å². The molecule has 3 N–H and O–H groups in total. The first kappa shape index (κ1) is 17.2. The molecule has 1 amide bonds. The van der Waals surface area contributed by atoms with E-state index in [0.717, 1.165) is 11.8 Å². The zero-order valence-corrected chi connectivity index (χ0v) is 13.2. The second-order valence-corrected chi connectivity index (χ2v) is 5.84. The molecule has 0 unspecified atom stereocenters. The fourth-order valence-corrected chi connectivity index (χ4v) is 2.79. The van der Waals surface area contributed by atoms with Gasteiger partial charge in [0.15, 0.2) is 0 Å². The van der Waals surface area contributed by atoms with Crippen molar-refractivity contribution in [1.29, 1.82) is 0 Å². The standard InChI is InChI=1S/C14H12N4O5S/c1-8(19)16-12-5-3-10(7-14(12)18(22)23)24-9-2-4-11(15)13(6-9)17(20)21/h2-7H,15H2,1H3,(H,16,19). The number of nitrogens with zero attached hydrogens (tertiary/aromatic N) is 2. The molecular weight excluding hydrogens is 336 g/mol. The van der Waals surface area contributed by atoms with Crippen LogP contribution in [0.2, 0.25) is 0 Å². The van der Waals surface area contributed by atoms with Crippen molar-refractivity contribution >= 4 is 40.4 Å². The van der Waals surface area contributed by atoms with Crippen molar-refractivity contribution < 1.29 is 14.6 Å². The summed E-state index contributed by atoms with van der Waals surface area (Å²) in [4.78, 5) is 32.9. The van der Waals surface area contributed by atoms with E-state index in [1.165, 1.54) is 31.2 Å². The lowest BCUT2D eigenvalue weighted by molar-refractivity contribution is -0.384. The van der Waals surface area contributed by atoms with Gasteiger partial charge in [0.25, 0.3) is 11.4 Å². The van der Waals surface area contributed by atoms with Crippen LogP contribution in [0.3, 0.4) is 0 Å². The van der Waals surface area contributed by atoms with Crippen molar-refractivity contribution in [3.05, 3.63) is 56.6 Å². The van der Waals surface area contributed by atoms with Crippen LogP contribution in [0.5, 0.6) is 0 Å². The number of rotatable bonds is 5. The van der Waals surface area contributed by atoms with Crippen molar-refractivity contribution in [2.24, 2.45) is 0 Å². The van der Waals surface area contributed by atoms with Crippen LogP contribution >= 0.6 is 11.8 Å². The number of nitrogens with one attached hydrogen (secondary N) is 1. The number of carbonyl (C=O) groups excluding carboxylic acids is 1. The van der Waals surface area contributed by atoms with E-state index in [-0.39, 0.29) is 22.7 Å². The lowest BCUT2D eigenvalue weighted by Crippen LogP contribution is -2.07. The van der Waals surface area contributed by atoms with Gasteiger partial charge in [0.05, 0.1) is 9.85 Å². The molecule has 0 radical (unpaired) electrons. The summed E-state index contributed by atoms with van der Waals surface area (Å²) in [6.45, 7) is 1.25. The van der Waals surface area contributed by atoms with E-state index in [1.54, 1.807) is 12.1 Å². The molecule has 9 nitrogen and oxygen atoms in total. The molecule has 0 aliphatic rings. The highest BCUT2D eigenvalue weighted by molar-refractivity contribution is 7.99. The fourth-order valence-electron chi connectivity index (χ4n) is 1.90. The van der Waals surface area contributed by atoms with Crippen molar-refractivity contribution in [1.82, 2.24) is 0 Å². The van der Waals surface area contributed by atoms with Crippen LogP contribution in [-0.2, 0) is 4.79 Å². The predicted molar refractivity (Wildman–Crippen MR) is 89.0 cm³/mol. The van der Waals surface area contributed by atoms with Crippen LogP contribution in [0, 0.1) is 20.2 Å². The molecule has 124 valence electrons. The Bertz CT molecular complexity index is 840. The monoisotopic (exact) mass is 348 g/mol. The van der Waals surface area contributed by atoms with Crippen molar-refractivity contribution in [3.8, 4) is 0 Å². The molecule has 0 saturated carbocycles. The third-order valence-electron chi connectivity index (χ3n) is 2.91. The lowest BCUT2D eigenvalue weighted by atomic mass is 10.2. The molecule has 0 aliphatic carbocycles. The summed E-state index contributed by atoms with van der Waals surface area (Å²) in [5.41, 5.74) is 5.16. The zero-order chi connectivity index (χ0) is 17.9. The van der Waals surface area contributed by atoms with Crippen LogP contribution in [-0.4, -0.2) is 15.8 Å². The molecule has 2 rings (SSSR count). The molecule has 0 bridgehead atoms. The second-order valence-electron chi connectivity index (χ2n) is 4.70. The molecule has 24 heavy (non-hydrogen) atoms. The SMILES string of the molecule is CC(=O)Nc1ccc(Sc2ccc(N)c([N+](=O)[O-])c2)cc1[N+](=O)[O-]. The number of amides is 1. The normalized spacial score (nSPS) is 10.2. The highest BCUT2D eigenvalue weighted by atomic mass is 32.2. The van der Waals surface area contributed by atoms with Gasteiger partial charge in [0, 0.05) is 28.8 Å². The molecule has 0 atom stereocenters. The number of nitro groups is 2. The minimum Gasteiger partial charge on any atom is -0.393 e. The maximum atomic E-state index is 11.1. The summed E-state index contributed by atoms with van der Waals surface area (Å²) in [6, 6.07) is 8.56. The van der Waals surface area contributed by atoms with Gasteiger partial charge < -0.3 is 11.1 Å². The largest absolute Gasteiger partial charge is 0.393 e. The summed E-state index contributed by atoms with van der Waals surface area (Å²) < 4.78 is 0. The summed E-state index contributed by atoms with van der Waals surface area (Å²) in [6.07, 6.45) is 0. The Balaban J connectivity index is 2.35. The minimum absolute atomic E-state index is 0.0383. The number of hydrogen-bond donors (Lipinski definition) is 2. The Morgan fingerprint density at radius 3 is 2.12 bits per heavy atom. The molecule has 0 aromatic heterocycles. The van der Waals surface area contributed by atoms with Gasteiger partial charge in [-0.1, -0.05) is 11.8 Å². The quantitative estimate of drug-likeness (QED) is 0.480. The van der Waals surface area contributed by atoms with E-state index in [2.05, 4.69) is 5.32 Å². The van der Waals surface area contributed by atoms with Gasteiger partial charge in [-0.05, 0) is 24.3 Å².